The lowest BCUT2D eigenvalue weighted by atomic mass is 10.0. The summed E-state index contributed by atoms with van der Waals surface area (Å²) in [6, 6.07) is 16.7. The van der Waals surface area contributed by atoms with Crippen LogP contribution in [0.15, 0.2) is 72.1 Å². The number of pyridine rings is 1. The van der Waals surface area contributed by atoms with Gasteiger partial charge < -0.3 is 14.8 Å². The van der Waals surface area contributed by atoms with E-state index in [1.807, 2.05) is 42.5 Å². The highest BCUT2D eigenvalue weighted by Crippen LogP contribution is 2.33. The molecule has 1 aliphatic carbocycles. The van der Waals surface area contributed by atoms with Crippen molar-refractivity contribution in [3.63, 3.8) is 0 Å². The van der Waals surface area contributed by atoms with Crippen LogP contribution < -0.4 is 14.8 Å². The quantitative estimate of drug-likeness (QED) is 0.461. The highest BCUT2D eigenvalue weighted by atomic mass is 16.5. The largest absolute Gasteiger partial charge is 0.493 e. The highest BCUT2D eigenvalue weighted by Gasteiger charge is 2.24. The first kappa shape index (κ1) is 24.5. The Morgan fingerprint density at radius 2 is 1.86 bits per heavy atom. The third-order valence-electron chi connectivity index (χ3n) is 6.67. The van der Waals surface area contributed by atoms with Crippen molar-refractivity contribution in [3.05, 3.63) is 83.7 Å². The SMILES string of the molecule is COc1ccc(C2=NN(Cc3ccc(NC(=O)c4cccnc4)cc3)C(=O)CC2)cc1OC1CCCC1. The van der Waals surface area contributed by atoms with Gasteiger partial charge in [-0.05, 0) is 73.7 Å². The smallest absolute Gasteiger partial charge is 0.257 e. The first-order valence-electron chi connectivity index (χ1n) is 12.6. The van der Waals surface area contributed by atoms with E-state index in [1.165, 1.54) is 24.0 Å². The van der Waals surface area contributed by atoms with Crippen molar-refractivity contribution in [2.45, 2.75) is 51.2 Å². The Hall–Kier alpha value is -4.20. The zero-order valence-electron chi connectivity index (χ0n) is 20.9. The molecule has 2 aromatic carbocycles. The van der Waals surface area contributed by atoms with Gasteiger partial charge in [-0.15, -0.1) is 0 Å². The van der Waals surface area contributed by atoms with Crippen molar-refractivity contribution in [2.24, 2.45) is 5.10 Å². The van der Waals surface area contributed by atoms with Gasteiger partial charge in [-0.25, -0.2) is 5.01 Å². The summed E-state index contributed by atoms with van der Waals surface area (Å²) in [7, 11) is 1.64. The number of anilines is 1. The molecule has 2 amide bonds. The maximum atomic E-state index is 12.7. The summed E-state index contributed by atoms with van der Waals surface area (Å²) in [5, 5.41) is 9.07. The Labute approximate surface area is 216 Å². The summed E-state index contributed by atoms with van der Waals surface area (Å²) in [4.78, 5) is 29.0. The minimum absolute atomic E-state index is 0.0198. The third kappa shape index (κ3) is 5.97. The highest BCUT2D eigenvalue weighted by molar-refractivity contribution is 6.05. The molecular weight excluding hydrogens is 468 g/mol. The molecule has 0 spiro atoms. The number of hydrogen-bond donors (Lipinski definition) is 1. The van der Waals surface area contributed by atoms with Gasteiger partial charge in [-0.3, -0.25) is 14.6 Å². The Balaban J connectivity index is 1.28. The summed E-state index contributed by atoms with van der Waals surface area (Å²) >= 11 is 0. The molecule has 8 nitrogen and oxygen atoms in total. The number of ether oxygens (including phenoxy) is 2. The maximum absolute atomic E-state index is 12.7. The summed E-state index contributed by atoms with van der Waals surface area (Å²) < 4.78 is 11.8. The van der Waals surface area contributed by atoms with E-state index in [4.69, 9.17) is 14.6 Å². The minimum atomic E-state index is -0.225. The number of aromatic nitrogens is 1. The molecule has 8 heteroatoms. The van der Waals surface area contributed by atoms with Crippen LogP contribution >= 0.6 is 0 Å². The molecule has 5 rings (SSSR count). The average molecular weight is 499 g/mol. The van der Waals surface area contributed by atoms with Crippen molar-refractivity contribution in [2.75, 3.05) is 12.4 Å². The van der Waals surface area contributed by atoms with Gasteiger partial charge in [0, 0.05) is 36.5 Å². The van der Waals surface area contributed by atoms with Crippen LogP contribution in [0.4, 0.5) is 5.69 Å². The van der Waals surface area contributed by atoms with Crippen molar-refractivity contribution in [3.8, 4) is 11.5 Å². The second-order valence-electron chi connectivity index (χ2n) is 9.28. The normalized spacial score (nSPS) is 15.9. The summed E-state index contributed by atoms with van der Waals surface area (Å²) in [6.45, 7) is 0.348. The number of nitrogens with zero attached hydrogens (tertiary/aromatic N) is 3. The number of hydrazone groups is 1. The van der Waals surface area contributed by atoms with Crippen LogP contribution in [0, 0.1) is 0 Å². The second-order valence-corrected chi connectivity index (χ2v) is 9.28. The number of rotatable bonds is 8. The third-order valence-corrected chi connectivity index (χ3v) is 6.67. The molecular formula is C29H30N4O4. The van der Waals surface area contributed by atoms with Gasteiger partial charge in [0.2, 0.25) is 5.91 Å². The fraction of sp³-hybridized carbons (Fsp3) is 0.310. The Bertz CT molecular complexity index is 1290. The molecule has 1 saturated carbocycles. The average Bonchev–Trinajstić information content (AvgIpc) is 3.44. The van der Waals surface area contributed by atoms with E-state index >= 15 is 0 Å². The molecule has 2 aliphatic rings. The van der Waals surface area contributed by atoms with Gasteiger partial charge in [0.1, 0.15) is 0 Å². The molecule has 1 fully saturated rings. The van der Waals surface area contributed by atoms with Crippen molar-refractivity contribution < 1.29 is 19.1 Å². The summed E-state index contributed by atoms with van der Waals surface area (Å²) in [5.41, 5.74) is 3.85. The first-order chi connectivity index (χ1) is 18.1. The van der Waals surface area contributed by atoms with Crippen LogP contribution in [0.3, 0.4) is 0 Å². The first-order valence-corrected chi connectivity index (χ1v) is 12.6. The standard InChI is InChI=1S/C29H30N4O4/c1-36-26-14-10-21(17-27(26)37-24-6-2-3-7-24)25-13-15-28(34)33(32-25)19-20-8-11-23(12-9-20)31-29(35)22-5-4-16-30-18-22/h4-5,8-12,14,16-18,24H,2-3,6-7,13,15,19H2,1H3,(H,31,35). The van der Waals surface area contributed by atoms with Gasteiger partial charge in [0.25, 0.3) is 5.91 Å². The van der Waals surface area contributed by atoms with Gasteiger partial charge in [0.15, 0.2) is 11.5 Å². The van der Waals surface area contributed by atoms with Gasteiger partial charge in [-0.1, -0.05) is 12.1 Å². The zero-order valence-corrected chi connectivity index (χ0v) is 20.9. The lowest BCUT2D eigenvalue weighted by Crippen LogP contribution is -2.31. The van der Waals surface area contributed by atoms with Crippen molar-refractivity contribution in [1.29, 1.82) is 0 Å². The lowest BCUT2D eigenvalue weighted by Gasteiger charge is -2.24. The predicted molar refractivity (Wildman–Crippen MR) is 141 cm³/mol. The summed E-state index contributed by atoms with van der Waals surface area (Å²) in [5.74, 6) is 1.18. The molecule has 190 valence electrons. The Kier molecular flexibility index (Phi) is 7.44. The van der Waals surface area contributed by atoms with E-state index in [1.54, 1.807) is 25.4 Å². The van der Waals surface area contributed by atoms with Crippen LogP contribution in [0.25, 0.3) is 0 Å². The van der Waals surface area contributed by atoms with E-state index in [0.717, 1.165) is 35.4 Å². The summed E-state index contributed by atoms with van der Waals surface area (Å²) in [6.07, 6.45) is 8.82. The molecule has 37 heavy (non-hydrogen) atoms. The second kappa shape index (κ2) is 11.2. The van der Waals surface area contributed by atoms with Gasteiger partial charge >= 0.3 is 0 Å². The van der Waals surface area contributed by atoms with Crippen LogP contribution in [0.1, 0.15) is 60.0 Å². The van der Waals surface area contributed by atoms with Crippen molar-refractivity contribution >= 4 is 23.2 Å². The van der Waals surface area contributed by atoms with Crippen molar-refractivity contribution in [1.82, 2.24) is 9.99 Å². The number of benzene rings is 2. The van der Waals surface area contributed by atoms with Gasteiger partial charge in [-0.2, -0.15) is 5.10 Å². The van der Waals surface area contributed by atoms with E-state index in [9.17, 15) is 9.59 Å². The van der Waals surface area contributed by atoms with Crippen LogP contribution in [-0.2, 0) is 11.3 Å². The number of carbonyl (C=O) groups excluding carboxylic acids is 2. The van der Waals surface area contributed by atoms with E-state index in [0.29, 0.717) is 36.4 Å². The fourth-order valence-corrected chi connectivity index (χ4v) is 4.63. The molecule has 0 atom stereocenters. The molecule has 3 aromatic rings. The van der Waals surface area contributed by atoms with Crippen LogP contribution in [0.5, 0.6) is 11.5 Å². The van der Waals surface area contributed by atoms with E-state index < -0.39 is 0 Å². The predicted octanol–water partition coefficient (Wildman–Crippen LogP) is 5.19. The number of hydrogen-bond acceptors (Lipinski definition) is 6. The minimum Gasteiger partial charge on any atom is -0.493 e. The Morgan fingerprint density at radius 3 is 2.59 bits per heavy atom. The molecule has 1 aliphatic heterocycles. The number of amides is 2. The number of nitrogens with one attached hydrogen (secondary N) is 1. The fourth-order valence-electron chi connectivity index (χ4n) is 4.63. The molecule has 0 radical (unpaired) electrons. The molecule has 0 saturated heterocycles. The maximum Gasteiger partial charge on any atom is 0.257 e. The van der Waals surface area contributed by atoms with Crippen LogP contribution in [-0.4, -0.2) is 40.7 Å². The van der Waals surface area contributed by atoms with E-state index in [-0.39, 0.29) is 17.9 Å². The van der Waals surface area contributed by atoms with E-state index in [2.05, 4.69) is 10.3 Å². The van der Waals surface area contributed by atoms with Gasteiger partial charge in [0.05, 0.1) is 31.0 Å². The number of methoxy groups -OCH3 is 1. The van der Waals surface area contributed by atoms with Crippen LogP contribution in [0.2, 0.25) is 0 Å². The number of carbonyl (C=O) groups is 2. The monoisotopic (exact) mass is 498 g/mol. The molecule has 0 bridgehead atoms. The molecule has 1 N–H and O–H groups in total. The molecule has 1 aromatic heterocycles. The lowest BCUT2D eigenvalue weighted by molar-refractivity contribution is -0.132. The topological polar surface area (TPSA) is 93.1 Å². The molecule has 0 unspecified atom stereocenters. The zero-order chi connectivity index (χ0) is 25.6. The Morgan fingerprint density at radius 1 is 1.05 bits per heavy atom. The molecule has 2 heterocycles.